The van der Waals surface area contributed by atoms with Gasteiger partial charge in [0.2, 0.25) is 0 Å². The summed E-state index contributed by atoms with van der Waals surface area (Å²) in [6.07, 6.45) is 3.97. The van der Waals surface area contributed by atoms with Crippen LogP contribution in [0.2, 0.25) is 0 Å². The zero-order valence-electron chi connectivity index (χ0n) is 14.6. The van der Waals surface area contributed by atoms with E-state index in [-0.39, 0.29) is 6.10 Å². The Labute approximate surface area is 148 Å². The first-order chi connectivity index (χ1) is 12.2. The molecule has 25 heavy (non-hydrogen) atoms. The van der Waals surface area contributed by atoms with Crippen molar-refractivity contribution in [2.24, 2.45) is 0 Å². The number of methoxy groups -OCH3 is 1. The summed E-state index contributed by atoms with van der Waals surface area (Å²) in [5, 5.41) is 8.97. The Morgan fingerprint density at radius 2 is 2.12 bits per heavy atom. The molecule has 0 spiro atoms. The second-order valence-corrected chi connectivity index (χ2v) is 6.20. The van der Waals surface area contributed by atoms with E-state index in [2.05, 4.69) is 20.9 Å². The number of benzene rings is 1. The molecule has 1 aromatic heterocycles. The highest BCUT2D eigenvalue weighted by Gasteiger charge is 2.21. The molecule has 3 rings (SSSR count). The van der Waals surface area contributed by atoms with Crippen LogP contribution in [0.4, 0.5) is 0 Å². The van der Waals surface area contributed by atoms with Gasteiger partial charge in [0.15, 0.2) is 0 Å². The van der Waals surface area contributed by atoms with Crippen LogP contribution >= 0.6 is 0 Å². The molecule has 0 amide bonds. The van der Waals surface area contributed by atoms with Crippen molar-refractivity contribution < 1.29 is 9.47 Å². The van der Waals surface area contributed by atoms with Crippen LogP contribution in [-0.2, 0) is 6.54 Å². The molecule has 1 saturated heterocycles. The van der Waals surface area contributed by atoms with E-state index < -0.39 is 0 Å². The van der Waals surface area contributed by atoms with Crippen molar-refractivity contribution >= 4 is 0 Å². The Bertz CT molecular complexity index is 764. The Kier molecular flexibility index (Phi) is 5.46. The van der Waals surface area contributed by atoms with Gasteiger partial charge < -0.3 is 9.47 Å². The maximum absolute atomic E-state index is 8.97. The first-order valence-electron chi connectivity index (χ1n) is 8.43. The van der Waals surface area contributed by atoms with E-state index in [0.717, 1.165) is 49.5 Å². The topological polar surface area (TPSA) is 71.3 Å². The first-order valence-corrected chi connectivity index (χ1v) is 8.43. The molecule has 2 aromatic rings. The van der Waals surface area contributed by atoms with Gasteiger partial charge in [-0.3, -0.25) is 4.90 Å². The first kappa shape index (κ1) is 17.2. The molecule has 0 unspecified atom stereocenters. The number of nitriles is 1. The van der Waals surface area contributed by atoms with E-state index in [0.29, 0.717) is 11.6 Å². The van der Waals surface area contributed by atoms with E-state index in [4.69, 9.17) is 14.7 Å². The lowest BCUT2D eigenvalue weighted by atomic mass is 10.1. The summed E-state index contributed by atoms with van der Waals surface area (Å²) in [5.41, 5.74) is 2.71. The minimum atomic E-state index is 0.193. The van der Waals surface area contributed by atoms with E-state index in [1.807, 2.05) is 25.3 Å². The number of rotatable bonds is 5. The number of ether oxygens (including phenoxy) is 2. The van der Waals surface area contributed by atoms with Gasteiger partial charge in [0, 0.05) is 37.1 Å². The molecule has 0 bridgehead atoms. The van der Waals surface area contributed by atoms with Crippen molar-refractivity contribution in [2.45, 2.75) is 32.4 Å². The smallest absolute Gasteiger partial charge is 0.316 e. The average Bonchev–Trinajstić information content (AvgIpc) is 2.65. The Morgan fingerprint density at radius 1 is 1.32 bits per heavy atom. The monoisotopic (exact) mass is 338 g/mol. The number of hydrogen-bond donors (Lipinski definition) is 0. The molecule has 1 aromatic carbocycles. The molecular formula is C19H22N4O2. The molecule has 0 aliphatic carbocycles. The molecule has 2 heterocycles. The van der Waals surface area contributed by atoms with Gasteiger partial charge in [0.05, 0.1) is 18.7 Å². The van der Waals surface area contributed by atoms with Crippen LogP contribution in [0, 0.1) is 18.3 Å². The fraction of sp³-hybridized carbons (Fsp3) is 0.421. The minimum absolute atomic E-state index is 0.193. The molecular weight excluding hydrogens is 316 g/mol. The lowest BCUT2D eigenvalue weighted by molar-refractivity contribution is 0.0965. The summed E-state index contributed by atoms with van der Waals surface area (Å²) in [6, 6.07) is 9.90. The number of hydrogen-bond acceptors (Lipinski definition) is 6. The minimum Gasteiger partial charge on any atom is -0.490 e. The predicted octanol–water partition coefficient (Wildman–Crippen LogP) is 2.71. The number of aryl methyl sites for hydroxylation is 1. The van der Waals surface area contributed by atoms with Crippen LogP contribution in [0.25, 0.3) is 0 Å². The van der Waals surface area contributed by atoms with Crippen molar-refractivity contribution in [1.29, 1.82) is 5.26 Å². The second kappa shape index (κ2) is 7.95. The van der Waals surface area contributed by atoms with Crippen LogP contribution in [0.5, 0.6) is 11.8 Å². The van der Waals surface area contributed by atoms with Crippen LogP contribution in [0.1, 0.15) is 29.7 Å². The zero-order chi connectivity index (χ0) is 17.6. The molecule has 1 aliphatic rings. The number of aromatic nitrogens is 2. The van der Waals surface area contributed by atoms with Crippen molar-refractivity contribution in [3.8, 4) is 17.8 Å². The standard InChI is InChI=1S/C19H22N4O2/c1-14-16(12-21-19(22-14)24-2)13-23-8-6-17(7-9-23)25-18-5-3-4-15(10-18)11-20/h3-5,10,12,17H,6-9,13H2,1-2H3. The van der Waals surface area contributed by atoms with Crippen LogP contribution in [0.3, 0.4) is 0 Å². The Morgan fingerprint density at radius 3 is 2.80 bits per heavy atom. The van der Waals surface area contributed by atoms with Gasteiger partial charge >= 0.3 is 6.01 Å². The molecule has 130 valence electrons. The lowest BCUT2D eigenvalue weighted by Crippen LogP contribution is -2.38. The van der Waals surface area contributed by atoms with Gasteiger partial charge in [-0.2, -0.15) is 5.26 Å². The number of nitrogens with zero attached hydrogens (tertiary/aromatic N) is 4. The van der Waals surface area contributed by atoms with Crippen LogP contribution in [-0.4, -0.2) is 41.2 Å². The van der Waals surface area contributed by atoms with Crippen molar-refractivity contribution in [2.75, 3.05) is 20.2 Å². The van der Waals surface area contributed by atoms with Gasteiger partial charge in [0.25, 0.3) is 0 Å². The summed E-state index contributed by atoms with van der Waals surface area (Å²) >= 11 is 0. The SMILES string of the molecule is COc1ncc(CN2CCC(Oc3cccc(C#N)c3)CC2)c(C)n1. The van der Waals surface area contributed by atoms with Gasteiger partial charge in [-0.25, -0.2) is 9.97 Å². The van der Waals surface area contributed by atoms with E-state index in [1.54, 1.807) is 19.2 Å². The Hall–Kier alpha value is -2.65. The summed E-state index contributed by atoms with van der Waals surface area (Å²) < 4.78 is 11.1. The normalized spacial score (nSPS) is 15.6. The van der Waals surface area contributed by atoms with Crippen molar-refractivity contribution in [3.05, 3.63) is 47.3 Å². The summed E-state index contributed by atoms with van der Waals surface area (Å²) in [4.78, 5) is 10.9. The number of piperidine rings is 1. The third-order valence-electron chi connectivity index (χ3n) is 4.44. The highest BCUT2D eigenvalue weighted by molar-refractivity contribution is 5.36. The summed E-state index contributed by atoms with van der Waals surface area (Å²) in [7, 11) is 1.57. The van der Waals surface area contributed by atoms with Gasteiger partial charge in [-0.15, -0.1) is 0 Å². The zero-order valence-corrected chi connectivity index (χ0v) is 14.6. The highest BCUT2D eigenvalue weighted by Crippen LogP contribution is 2.21. The van der Waals surface area contributed by atoms with E-state index in [1.165, 1.54) is 0 Å². The molecule has 0 radical (unpaired) electrons. The lowest BCUT2D eigenvalue weighted by Gasteiger charge is -2.32. The van der Waals surface area contributed by atoms with E-state index in [9.17, 15) is 0 Å². The molecule has 1 fully saturated rings. The number of likely N-dealkylation sites (tertiary alicyclic amines) is 1. The maximum Gasteiger partial charge on any atom is 0.316 e. The maximum atomic E-state index is 8.97. The predicted molar refractivity (Wildman–Crippen MR) is 93.4 cm³/mol. The molecule has 0 atom stereocenters. The molecule has 6 heteroatoms. The van der Waals surface area contributed by atoms with Crippen molar-refractivity contribution in [1.82, 2.24) is 14.9 Å². The molecule has 0 N–H and O–H groups in total. The van der Waals surface area contributed by atoms with E-state index >= 15 is 0 Å². The van der Waals surface area contributed by atoms with Crippen LogP contribution < -0.4 is 9.47 Å². The largest absolute Gasteiger partial charge is 0.490 e. The van der Waals surface area contributed by atoms with Crippen molar-refractivity contribution in [3.63, 3.8) is 0 Å². The summed E-state index contributed by atoms with van der Waals surface area (Å²) in [6.45, 7) is 4.76. The van der Waals surface area contributed by atoms with Gasteiger partial charge in [-0.05, 0) is 38.0 Å². The summed E-state index contributed by atoms with van der Waals surface area (Å²) in [5.74, 6) is 0.775. The Balaban J connectivity index is 1.52. The molecule has 1 aliphatic heterocycles. The average molecular weight is 338 g/mol. The second-order valence-electron chi connectivity index (χ2n) is 6.20. The van der Waals surface area contributed by atoms with Crippen LogP contribution in [0.15, 0.2) is 30.5 Å². The molecule has 6 nitrogen and oxygen atoms in total. The third-order valence-corrected chi connectivity index (χ3v) is 4.44. The van der Waals surface area contributed by atoms with Gasteiger partial charge in [-0.1, -0.05) is 6.07 Å². The fourth-order valence-corrected chi connectivity index (χ4v) is 2.98. The van der Waals surface area contributed by atoms with Gasteiger partial charge in [0.1, 0.15) is 11.9 Å². The highest BCUT2D eigenvalue weighted by atomic mass is 16.5. The molecule has 0 saturated carbocycles. The third kappa shape index (κ3) is 4.46. The fourth-order valence-electron chi connectivity index (χ4n) is 2.98. The quantitative estimate of drug-likeness (QED) is 0.835.